The Morgan fingerprint density at radius 3 is 2.63 bits per heavy atom. The van der Waals surface area contributed by atoms with Gasteiger partial charge in [0, 0.05) is 31.4 Å². The van der Waals surface area contributed by atoms with Gasteiger partial charge in [-0.2, -0.15) is 10.4 Å². The zero-order valence-corrected chi connectivity index (χ0v) is 17.3. The number of aromatic nitrogens is 2. The van der Waals surface area contributed by atoms with Crippen LogP contribution < -0.4 is 0 Å². The minimum Gasteiger partial charge on any atom is -0.462 e. The van der Waals surface area contributed by atoms with Crippen LogP contribution in [0.15, 0.2) is 30.5 Å². The summed E-state index contributed by atoms with van der Waals surface area (Å²) in [5.74, 6) is -0.495. The van der Waals surface area contributed by atoms with E-state index in [1.165, 1.54) is 6.20 Å². The minimum atomic E-state index is -0.405. The number of nitriles is 1. The van der Waals surface area contributed by atoms with E-state index in [1.54, 1.807) is 47.7 Å². The van der Waals surface area contributed by atoms with Crippen molar-refractivity contribution in [1.82, 2.24) is 14.7 Å². The second-order valence-electron chi connectivity index (χ2n) is 7.07. The fraction of sp³-hybridized carbons (Fsp3) is 0.455. The highest BCUT2D eigenvalue weighted by molar-refractivity contribution is 5.94. The lowest BCUT2D eigenvalue weighted by Gasteiger charge is -2.34. The Hall–Kier alpha value is -3.18. The molecule has 1 amide bonds. The molecular weight excluding hydrogens is 384 g/mol. The Morgan fingerprint density at radius 1 is 1.30 bits per heavy atom. The number of esters is 1. The second-order valence-corrected chi connectivity index (χ2v) is 7.07. The summed E-state index contributed by atoms with van der Waals surface area (Å²) in [6.07, 6.45) is 3.34. The van der Waals surface area contributed by atoms with E-state index in [-0.39, 0.29) is 11.9 Å². The molecule has 2 heterocycles. The maximum Gasteiger partial charge on any atom is 0.341 e. The van der Waals surface area contributed by atoms with E-state index in [1.807, 2.05) is 0 Å². The molecule has 1 aliphatic heterocycles. The maximum absolute atomic E-state index is 13.1. The number of hydrogen-bond donors (Lipinski definition) is 0. The zero-order valence-electron chi connectivity index (χ0n) is 17.3. The summed E-state index contributed by atoms with van der Waals surface area (Å²) in [6, 6.07) is 9.31. The summed E-state index contributed by atoms with van der Waals surface area (Å²) < 4.78 is 12.1. The number of benzene rings is 1. The molecule has 8 nitrogen and oxygen atoms in total. The molecule has 0 bridgehead atoms. The molecule has 0 atom stereocenters. The highest BCUT2D eigenvalue weighted by Gasteiger charge is 2.26. The van der Waals surface area contributed by atoms with Gasteiger partial charge in [-0.25, -0.2) is 9.48 Å². The van der Waals surface area contributed by atoms with Crippen LogP contribution in [0.1, 0.15) is 52.6 Å². The van der Waals surface area contributed by atoms with E-state index >= 15 is 0 Å². The topological polar surface area (TPSA) is 97.5 Å². The van der Waals surface area contributed by atoms with Gasteiger partial charge in [0.25, 0.3) is 5.91 Å². The van der Waals surface area contributed by atoms with Crippen molar-refractivity contribution in [2.75, 3.05) is 26.4 Å². The first-order valence-electron chi connectivity index (χ1n) is 10.1. The van der Waals surface area contributed by atoms with Gasteiger partial charge in [-0.3, -0.25) is 4.79 Å². The van der Waals surface area contributed by atoms with Crippen molar-refractivity contribution < 1.29 is 19.1 Å². The molecule has 1 saturated heterocycles. The third-order valence-corrected chi connectivity index (χ3v) is 5.22. The summed E-state index contributed by atoms with van der Waals surface area (Å²) in [6.45, 7) is 5.52. The fourth-order valence-corrected chi connectivity index (χ4v) is 3.61. The van der Waals surface area contributed by atoms with E-state index in [2.05, 4.69) is 11.2 Å². The Kier molecular flexibility index (Phi) is 7.20. The summed E-state index contributed by atoms with van der Waals surface area (Å²) in [7, 11) is 0. The molecule has 158 valence electrons. The average molecular weight is 410 g/mol. The van der Waals surface area contributed by atoms with E-state index in [0.717, 1.165) is 18.5 Å². The molecule has 0 saturated carbocycles. The molecule has 3 rings (SSSR count). The molecule has 0 spiro atoms. The van der Waals surface area contributed by atoms with Crippen molar-refractivity contribution in [3.8, 4) is 11.8 Å². The molecule has 2 aromatic rings. The van der Waals surface area contributed by atoms with Gasteiger partial charge >= 0.3 is 5.97 Å². The number of carbonyl (C=O) groups is 2. The lowest BCUT2D eigenvalue weighted by molar-refractivity contribution is 0.0296. The smallest absolute Gasteiger partial charge is 0.341 e. The molecule has 1 aromatic carbocycles. The van der Waals surface area contributed by atoms with Gasteiger partial charge in [0.1, 0.15) is 5.56 Å². The van der Waals surface area contributed by atoms with Gasteiger partial charge in [-0.05, 0) is 51.0 Å². The first kappa shape index (κ1) is 21.5. The Labute approximate surface area is 176 Å². The molecule has 0 aliphatic carbocycles. The quantitative estimate of drug-likeness (QED) is 0.651. The van der Waals surface area contributed by atoms with Crippen LogP contribution in [0.4, 0.5) is 0 Å². The SMILES string of the molecule is CCOC(=O)c1cnn(-c2ccc(C(=O)N(CCC#N)C3CCOCC3)cc2)c1C. The summed E-state index contributed by atoms with van der Waals surface area (Å²) in [5, 5.41) is 13.3. The highest BCUT2D eigenvalue weighted by atomic mass is 16.5. The number of amides is 1. The van der Waals surface area contributed by atoms with E-state index in [0.29, 0.717) is 49.6 Å². The molecule has 1 aliphatic rings. The second kappa shape index (κ2) is 10.0. The normalized spacial score (nSPS) is 14.2. The van der Waals surface area contributed by atoms with Gasteiger partial charge in [-0.1, -0.05) is 0 Å². The zero-order chi connectivity index (χ0) is 21.5. The molecule has 0 N–H and O–H groups in total. The van der Waals surface area contributed by atoms with Crippen LogP contribution >= 0.6 is 0 Å². The van der Waals surface area contributed by atoms with Crippen molar-refractivity contribution in [3.63, 3.8) is 0 Å². The summed E-state index contributed by atoms with van der Waals surface area (Å²) in [4.78, 5) is 26.9. The van der Waals surface area contributed by atoms with Crippen molar-refractivity contribution in [2.45, 2.75) is 39.2 Å². The van der Waals surface area contributed by atoms with Crippen LogP contribution in [0.2, 0.25) is 0 Å². The standard InChI is InChI=1S/C22H26N4O4/c1-3-30-22(28)20-15-24-26(16(20)2)19-7-5-17(6-8-19)21(27)25(12-4-11-23)18-9-13-29-14-10-18/h5-8,15,18H,3-4,9-10,12-14H2,1-2H3. The monoisotopic (exact) mass is 410 g/mol. The molecule has 1 aromatic heterocycles. The van der Waals surface area contributed by atoms with E-state index in [9.17, 15) is 9.59 Å². The molecular formula is C22H26N4O4. The Balaban J connectivity index is 1.79. The van der Waals surface area contributed by atoms with Crippen LogP contribution in [0.25, 0.3) is 5.69 Å². The van der Waals surface area contributed by atoms with Crippen molar-refractivity contribution >= 4 is 11.9 Å². The predicted molar refractivity (Wildman–Crippen MR) is 109 cm³/mol. The Morgan fingerprint density at radius 2 is 2.00 bits per heavy atom. The van der Waals surface area contributed by atoms with Crippen LogP contribution in [-0.4, -0.2) is 59.0 Å². The summed E-state index contributed by atoms with van der Waals surface area (Å²) >= 11 is 0. The van der Waals surface area contributed by atoms with Crippen molar-refractivity contribution in [2.24, 2.45) is 0 Å². The highest BCUT2D eigenvalue weighted by Crippen LogP contribution is 2.20. The van der Waals surface area contributed by atoms with Gasteiger partial charge in [0.05, 0.1) is 36.7 Å². The molecule has 8 heteroatoms. The van der Waals surface area contributed by atoms with Crippen molar-refractivity contribution in [1.29, 1.82) is 5.26 Å². The predicted octanol–water partition coefficient (Wildman–Crippen LogP) is 2.89. The van der Waals surface area contributed by atoms with E-state index < -0.39 is 5.97 Å². The van der Waals surface area contributed by atoms with Crippen LogP contribution in [0.3, 0.4) is 0 Å². The average Bonchev–Trinajstić information content (AvgIpc) is 3.16. The Bertz CT molecular complexity index is 924. The molecule has 0 unspecified atom stereocenters. The number of carbonyl (C=O) groups excluding carboxylic acids is 2. The van der Waals surface area contributed by atoms with Gasteiger partial charge in [-0.15, -0.1) is 0 Å². The third kappa shape index (κ3) is 4.69. The first-order chi connectivity index (χ1) is 14.6. The number of ether oxygens (including phenoxy) is 2. The summed E-state index contributed by atoms with van der Waals surface area (Å²) in [5.41, 5.74) is 2.39. The largest absolute Gasteiger partial charge is 0.462 e. The van der Waals surface area contributed by atoms with Crippen molar-refractivity contribution in [3.05, 3.63) is 47.3 Å². The molecule has 0 radical (unpaired) electrons. The molecule has 30 heavy (non-hydrogen) atoms. The molecule has 1 fully saturated rings. The minimum absolute atomic E-state index is 0.0831. The third-order valence-electron chi connectivity index (χ3n) is 5.22. The number of nitrogens with zero attached hydrogens (tertiary/aromatic N) is 4. The lowest BCUT2D eigenvalue weighted by atomic mass is 10.0. The van der Waals surface area contributed by atoms with Gasteiger partial charge in [0.15, 0.2) is 0 Å². The number of hydrogen-bond acceptors (Lipinski definition) is 6. The fourth-order valence-electron chi connectivity index (χ4n) is 3.61. The number of rotatable bonds is 7. The van der Waals surface area contributed by atoms with E-state index in [4.69, 9.17) is 14.7 Å². The van der Waals surface area contributed by atoms with Crippen LogP contribution in [0, 0.1) is 18.3 Å². The van der Waals surface area contributed by atoms with Gasteiger partial charge < -0.3 is 14.4 Å². The lowest BCUT2D eigenvalue weighted by Crippen LogP contribution is -2.44. The van der Waals surface area contributed by atoms with Gasteiger partial charge in [0.2, 0.25) is 0 Å². The van der Waals surface area contributed by atoms with Crippen LogP contribution in [-0.2, 0) is 9.47 Å². The van der Waals surface area contributed by atoms with Crippen LogP contribution in [0.5, 0.6) is 0 Å². The maximum atomic E-state index is 13.1. The first-order valence-corrected chi connectivity index (χ1v) is 10.1.